The standard InChI is InChI=1S/C14H17N5.C6H7NO2/c1-9-2-4-15-8-11(9)14-18-7-10-6-17-13-12(19(10)14)3-5-16-13;1-4-3-6(5(2)8)9-7-4/h3,5-7,9,11,15-16H,2,4,8H2,1H3;3H,1-2H3/t9-,11+;/m0./s1. The molecule has 4 aromatic rings. The van der Waals surface area contributed by atoms with Gasteiger partial charge in [0.15, 0.2) is 11.4 Å². The predicted octanol–water partition coefficient (Wildman–Crippen LogP) is 3.11. The summed E-state index contributed by atoms with van der Waals surface area (Å²) in [5.74, 6) is 2.52. The molecule has 0 unspecified atom stereocenters. The van der Waals surface area contributed by atoms with Gasteiger partial charge in [-0.05, 0) is 31.9 Å². The second-order valence-corrected chi connectivity index (χ2v) is 7.31. The van der Waals surface area contributed by atoms with Gasteiger partial charge in [0.25, 0.3) is 0 Å². The van der Waals surface area contributed by atoms with Crippen LogP contribution in [0.15, 0.2) is 35.2 Å². The topological polar surface area (TPSA) is 101 Å². The van der Waals surface area contributed by atoms with Gasteiger partial charge in [-0.15, -0.1) is 0 Å². The van der Waals surface area contributed by atoms with Gasteiger partial charge < -0.3 is 14.8 Å². The molecule has 8 nitrogen and oxygen atoms in total. The summed E-state index contributed by atoms with van der Waals surface area (Å²) in [4.78, 5) is 22.8. The maximum absolute atomic E-state index is 10.5. The first-order valence-corrected chi connectivity index (χ1v) is 9.49. The molecule has 1 fully saturated rings. The van der Waals surface area contributed by atoms with Crippen LogP contribution < -0.4 is 5.32 Å². The van der Waals surface area contributed by atoms with E-state index in [1.807, 2.05) is 18.6 Å². The summed E-state index contributed by atoms with van der Waals surface area (Å²) in [6.45, 7) is 7.66. The summed E-state index contributed by atoms with van der Waals surface area (Å²) < 4.78 is 6.87. The van der Waals surface area contributed by atoms with Crippen LogP contribution >= 0.6 is 0 Å². The van der Waals surface area contributed by atoms with Crippen LogP contribution in [0.4, 0.5) is 0 Å². The van der Waals surface area contributed by atoms with E-state index in [1.165, 1.54) is 13.3 Å². The van der Waals surface area contributed by atoms with Gasteiger partial charge in [-0.25, -0.2) is 9.97 Å². The number of H-pyrrole nitrogens is 1. The molecule has 8 heteroatoms. The summed E-state index contributed by atoms with van der Waals surface area (Å²) in [5.41, 5.74) is 3.84. The average Bonchev–Trinajstić information content (AvgIpc) is 3.40. The van der Waals surface area contributed by atoms with Crippen LogP contribution in [0.3, 0.4) is 0 Å². The number of aromatic nitrogens is 5. The highest BCUT2D eigenvalue weighted by Gasteiger charge is 2.26. The van der Waals surface area contributed by atoms with Crippen LogP contribution in [0.5, 0.6) is 0 Å². The maximum atomic E-state index is 10.5. The van der Waals surface area contributed by atoms with E-state index in [2.05, 4.69) is 47.3 Å². The van der Waals surface area contributed by atoms with Crippen molar-refractivity contribution in [3.05, 3.63) is 48.0 Å². The molecular weight excluding hydrogens is 356 g/mol. The third-order valence-electron chi connectivity index (χ3n) is 5.22. The van der Waals surface area contributed by atoms with Gasteiger partial charge in [0.2, 0.25) is 5.76 Å². The molecule has 1 aliphatic heterocycles. The highest BCUT2D eigenvalue weighted by Crippen LogP contribution is 2.29. The van der Waals surface area contributed by atoms with Crippen molar-refractivity contribution in [3.8, 4) is 0 Å². The lowest BCUT2D eigenvalue weighted by Crippen LogP contribution is -2.34. The number of hydrogen-bond donors (Lipinski definition) is 2. The fourth-order valence-electron chi connectivity index (χ4n) is 3.63. The highest BCUT2D eigenvalue weighted by molar-refractivity contribution is 5.91. The van der Waals surface area contributed by atoms with Gasteiger partial charge in [-0.1, -0.05) is 12.1 Å². The third-order valence-corrected chi connectivity index (χ3v) is 5.22. The van der Waals surface area contributed by atoms with E-state index in [0.29, 0.717) is 17.6 Å². The molecule has 0 radical (unpaired) electrons. The maximum Gasteiger partial charge on any atom is 0.202 e. The number of aromatic amines is 1. The van der Waals surface area contributed by atoms with Crippen LogP contribution in [-0.2, 0) is 0 Å². The van der Waals surface area contributed by atoms with Crippen molar-refractivity contribution >= 4 is 22.5 Å². The van der Waals surface area contributed by atoms with Crippen LogP contribution in [-0.4, -0.2) is 43.4 Å². The van der Waals surface area contributed by atoms with Gasteiger partial charge in [0, 0.05) is 31.6 Å². The zero-order valence-corrected chi connectivity index (χ0v) is 16.3. The molecule has 0 spiro atoms. The number of carbonyl (C=O) groups is 1. The molecule has 0 bridgehead atoms. The number of imidazole rings is 1. The van der Waals surface area contributed by atoms with Crippen LogP contribution in [0.1, 0.15) is 48.3 Å². The summed E-state index contributed by atoms with van der Waals surface area (Å²) in [7, 11) is 0. The van der Waals surface area contributed by atoms with E-state index < -0.39 is 0 Å². The predicted molar refractivity (Wildman–Crippen MR) is 105 cm³/mol. The Morgan fingerprint density at radius 3 is 2.82 bits per heavy atom. The number of ketones is 1. The molecule has 0 saturated carbocycles. The molecule has 0 amide bonds. The second-order valence-electron chi connectivity index (χ2n) is 7.31. The number of aryl methyl sites for hydroxylation is 1. The van der Waals surface area contributed by atoms with Crippen molar-refractivity contribution in [2.75, 3.05) is 13.1 Å². The van der Waals surface area contributed by atoms with Gasteiger partial charge in [0.05, 0.1) is 29.1 Å². The van der Waals surface area contributed by atoms with Crippen molar-refractivity contribution in [2.45, 2.75) is 33.1 Å². The lowest BCUT2D eigenvalue weighted by Gasteiger charge is -2.28. The molecule has 28 heavy (non-hydrogen) atoms. The fourth-order valence-corrected chi connectivity index (χ4v) is 3.63. The molecular formula is C20H24N6O2. The number of hydrogen-bond acceptors (Lipinski definition) is 6. The zero-order valence-electron chi connectivity index (χ0n) is 16.3. The van der Waals surface area contributed by atoms with Gasteiger partial charge in [-0.2, -0.15) is 0 Å². The molecule has 2 N–H and O–H groups in total. The number of Topliss-reactive ketones (excluding diaryl/α,β-unsaturated/α-hetero) is 1. The molecule has 0 aromatic carbocycles. The number of fused-ring (bicyclic) bond motifs is 3. The Hall–Kier alpha value is -3.00. The Morgan fingerprint density at radius 1 is 1.32 bits per heavy atom. The number of nitrogens with one attached hydrogen (secondary N) is 2. The monoisotopic (exact) mass is 380 g/mol. The van der Waals surface area contributed by atoms with Crippen LogP contribution in [0.2, 0.25) is 0 Å². The van der Waals surface area contributed by atoms with Gasteiger partial charge >= 0.3 is 0 Å². The molecule has 5 rings (SSSR count). The van der Waals surface area contributed by atoms with Crippen molar-refractivity contribution in [1.29, 1.82) is 0 Å². The smallest absolute Gasteiger partial charge is 0.202 e. The van der Waals surface area contributed by atoms with E-state index in [-0.39, 0.29) is 5.78 Å². The largest absolute Gasteiger partial charge is 0.353 e. The first kappa shape index (κ1) is 18.4. The lowest BCUT2D eigenvalue weighted by atomic mass is 9.87. The number of nitrogens with zero attached hydrogens (tertiary/aromatic N) is 4. The van der Waals surface area contributed by atoms with E-state index in [0.717, 1.165) is 41.3 Å². The Kier molecular flexibility index (Phi) is 4.95. The van der Waals surface area contributed by atoms with Crippen molar-refractivity contribution in [2.24, 2.45) is 5.92 Å². The van der Waals surface area contributed by atoms with E-state index in [9.17, 15) is 4.79 Å². The third kappa shape index (κ3) is 3.43. The fraction of sp³-hybridized carbons (Fsp3) is 0.400. The summed E-state index contributed by atoms with van der Waals surface area (Å²) in [6.07, 6.45) is 6.96. The van der Waals surface area contributed by atoms with E-state index in [4.69, 9.17) is 0 Å². The highest BCUT2D eigenvalue weighted by atomic mass is 16.5. The quantitative estimate of drug-likeness (QED) is 0.518. The van der Waals surface area contributed by atoms with Gasteiger partial charge in [0.1, 0.15) is 5.82 Å². The molecule has 1 aliphatic rings. The van der Waals surface area contributed by atoms with Gasteiger partial charge in [-0.3, -0.25) is 9.20 Å². The second kappa shape index (κ2) is 7.55. The molecule has 0 aliphatic carbocycles. The Labute approximate surface area is 162 Å². The molecule has 2 atom stereocenters. The Bertz CT molecular complexity index is 1110. The Morgan fingerprint density at radius 2 is 2.14 bits per heavy atom. The number of piperidine rings is 1. The molecule has 1 saturated heterocycles. The zero-order chi connectivity index (χ0) is 19.7. The Balaban J connectivity index is 0.000000181. The number of rotatable bonds is 2. The molecule has 5 heterocycles. The number of carbonyl (C=O) groups excluding carboxylic acids is 1. The molecule has 146 valence electrons. The SMILES string of the molecule is CC(=O)c1cc(C)no1.C[C@H]1CCNC[C@H]1c1ncc2cnc3[nH]ccc3n12. The van der Waals surface area contributed by atoms with Crippen LogP contribution in [0.25, 0.3) is 16.7 Å². The van der Waals surface area contributed by atoms with E-state index in [1.54, 1.807) is 13.0 Å². The normalized spacial score (nSPS) is 19.5. The summed E-state index contributed by atoms with van der Waals surface area (Å²) >= 11 is 0. The summed E-state index contributed by atoms with van der Waals surface area (Å²) in [5, 5.41) is 7.03. The average molecular weight is 380 g/mol. The summed E-state index contributed by atoms with van der Waals surface area (Å²) in [6, 6.07) is 3.68. The lowest BCUT2D eigenvalue weighted by molar-refractivity contribution is 0.0978. The van der Waals surface area contributed by atoms with Crippen molar-refractivity contribution in [1.82, 2.24) is 29.8 Å². The van der Waals surface area contributed by atoms with E-state index >= 15 is 0 Å². The van der Waals surface area contributed by atoms with Crippen molar-refractivity contribution < 1.29 is 9.32 Å². The first-order valence-electron chi connectivity index (χ1n) is 9.49. The minimum atomic E-state index is -0.0874. The van der Waals surface area contributed by atoms with Crippen molar-refractivity contribution in [3.63, 3.8) is 0 Å². The van der Waals surface area contributed by atoms with Crippen LogP contribution in [0, 0.1) is 12.8 Å². The molecule has 4 aromatic heterocycles. The minimum absolute atomic E-state index is 0.0874. The minimum Gasteiger partial charge on any atom is -0.353 e. The first-order chi connectivity index (χ1) is 13.5.